The molecule has 7 nitrogen and oxygen atoms in total. The number of rotatable bonds is 4. The Kier molecular flexibility index (Phi) is 5.18. The summed E-state index contributed by atoms with van der Waals surface area (Å²) in [5, 5.41) is 21.5. The molecule has 2 amide bonds. The number of hydrogen-bond donors (Lipinski definition) is 4. The third kappa shape index (κ3) is 4.27. The molecular formula is C17H22FN5O2. The van der Waals surface area contributed by atoms with Crippen molar-refractivity contribution in [2.45, 2.75) is 31.9 Å². The molecule has 0 bridgehead atoms. The summed E-state index contributed by atoms with van der Waals surface area (Å²) in [6.45, 7) is 3.22. The molecule has 3 rings (SSSR count). The van der Waals surface area contributed by atoms with Crippen LogP contribution in [-0.2, 0) is 0 Å². The van der Waals surface area contributed by atoms with Crippen molar-refractivity contribution in [2.24, 2.45) is 0 Å². The molecule has 1 atom stereocenters. The van der Waals surface area contributed by atoms with E-state index in [-0.39, 0.29) is 18.0 Å². The molecule has 2 aromatic rings. The Balaban J connectivity index is 1.73. The molecule has 1 fully saturated rings. The summed E-state index contributed by atoms with van der Waals surface area (Å²) in [6, 6.07) is 3.82. The summed E-state index contributed by atoms with van der Waals surface area (Å²) in [4.78, 5) is 14.2. The van der Waals surface area contributed by atoms with Crippen LogP contribution < -0.4 is 15.5 Å². The highest BCUT2D eigenvalue weighted by Crippen LogP contribution is 2.29. The second-order valence-electron chi connectivity index (χ2n) is 6.23. The summed E-state index contributed by atoms with van der Waals surface area (Å²) in [6.07, 6.45) is 4.14. The lowest BCUT2D eigenvalue weighted by Crippen LogP contribution is -2.37. The first kappa shape index (κ1) is 17.2. The van der Waals surface area contributed by atoms with Gasteiger partial charge in [0, 0.05) is 30.5 Å². The van der Waals surface area contributed by atoms with E-state index < -0.39 is 6.03 Å². The van der Waals surface area contributed by atoms with Gasteiger partial charge in [-0.2, -0.15) is 5.10 Å². The zero-order valence-corrected chi connectivity index (χ0v) is 14.0. The minimum atomic E-state index is -0.391. The Bertz CT molecular complexity index is 714. The molecule has 0 saturated carbocycles. The highest BCUT2D eigenvalue weighted by atomic mass is 19.1. The zero-order chi connectivity index (χ0) is 17.8. The van der Waals surface area contributed by atoms with Crippen LogP contribution in [0.4, 0.5) is 20.6 Å². The van der Waals surface area contributed by atoms with E-state index in [0.717, 1.165) is 5.69 Å². The summed E-state index contributed by atoms with van der Waals surface area (Å²) >= 11 is 0. The van der Waals surface area contributed by atoms with Crippen molar-refractivity contribution < 1.29 is 14.3 Å². The van der Waals surface area contributed by atoms with Gasteiger partial charge in [0.05, 0.1) is 24.0 Å². The Morgan fingerprint density at radius 1 is 1.44 bits per heavy atom. The molecule has 0 unspecified atom stereocenters. The second-order valence-corrected chi connectivity index (χ2v) is 6.23. The predicted molar refractivity (Wildman–Crippen MR) is 93.0 cm³/mol. The first-order valence-corrected chi connectivity index (χ1v) is 8.31. The van der Waals surface area contributed by atoms with Crippen LogP contribution in [0.3, 0.4) is 0 Å². The standard InChI is InChI=1S/C17H22FN5O2/c1-11(21-17(25)22-13-9-19-20-10-13)15-8-12(18)2-3-16(15)23-6-4-14(24)5-7-23/h2-3,8-11,14,24H,4-7H2,1H3,(H,19,20)(H2,21,22,25)/t11-/m0/s1. The molecule has 1 saturated heterocycles. The minimum absolute atomic E-state index is 0.281. The average Bonchev–Trinajstić information content (AvgIpc) is 3.08. The molecule has 1 aliphatic rings. The maximum atomic E-state index is 13.8. The number of anilines is 2. The highest BCUT2D eigenvalue weighted by molar-refractivity contribution is 5.89. The lowest BCUT2D eigenvalue weighted by molar-refractivity contribution is 0.145. The van der Waals surface area contributed by atoms with Crippen molar-refractivity contribution in [3.63, 3.8) is 0 Å². The molecule has 134 valence electrons. The Morgan fingerprint density at radius 2 is 2.20 bits per heavy atom. The molecular weight excluding hydrogens is 325 g/mol. The van der Waals surface area contributed by atoms with Crippen molar-refractivity contribution in [1.29, 1.82) is 0 Å². The number of hydrogen-bond acceptors (Lipinski definition) is 4. The van der Waals surface area contributed by atoms with Crippen LogP contribution in [0.2, 0.25) is 0 Å². The van der Waals surface area contributed by atoms with Crippen LogP contribution in [0.1, 0.15) is 31.4 Å². The quantitative estimate of drug-likeness (QED) is 0.683. The molecule has 1 aromatic carbocycles. The van der Waals surface area contributed by atoms with Gasteiger partial charge in [0.2, 0.25) is 0 Å². The van der Waals surface area contributed by atoms with E-state index in [1.807, 2.05) is 6.92 Å². The Hall–Kier alpha value is -2.61. The van der Waals surface area contributed by atoms with Gasteiger partial charge >= 0.3 is 6.03 Å². The number of piperidine rings is 1. The van der Waals surface area contributed by atoms with Gasteiger partial charge in [-0.05, 0) is 38.0 Å². The number of urea groups is 1. The number of halogens is 1. The average molecular weight is 347 g/mol. The van der Waals surface area contributed by atoms with Crippen LogP contribution in [0, 0.1) is 5.82 Å². The minimum Gasteiger partial charge on any atom is -0.393 e. The second kappa shape index (κ2) is 7.52. The molecule has 25 heavy (non-hydrogen) atoms. The van der Waals surface area contributed by atoms with E-state index >= 15 is 0 Å². The summed E-state index contributed by atoms with van der Waals surface area (Å²) in [7, 11) is 0. The molecule has 4 N–H and O–H groups in total. The number of aromatic amines is 1. The lowest BCUT2D eigenvalue weighted by atomic mass is 10.0. The molecule has 1 aliphatic heterocycles. The van der Waals surface area contributed by atoms with Crippen LogP contribution in [0.5, 0.6) is 0 Å². The summed E-state index contributed by atoms with van der Waals surface area (Å²) < 4.78 is 13.8. The van der Waals surface area contributed by atoms with Gasteiger partial charge in [0.15, 0.2) is 0 Å². The number of H-pyrrole nitrogens is 1. The molecule has 0 aliphatic carbocycles. The van der Waals surface area contributed by atoms with E-state index in [1.54, 1.807) is 12.3 Å². The summed E-state index contributed by atoms with van der Waals surface area (Å²) in [5.74, 6) is -0.348. The van der Waals surface area contributed by atoms with E-state index in [2.05, 4.69) is 25.7 Å². The Labute approximate surface area is 145 Å². The van der Waals surface area contributed by atoms with Crippen molar-refractivity contribution >= 4 is 17.4 Å². The number of carbonyl (C=O) groups is 1. The highest BCUT2D eigenvalue weighted by Gasteiger charge is 2.22. The van der Waals surface area contributed by atoms with Gasteiger partial charge in [0.25, 0.3) is 0 Å². The van der Waals surface area contributed by atoms with Gasteiger partial charge in [-0.15, -0.1) is 0 Å². The van der Waals surface area contributed by atoms with Crippen LogP contribution >= 0.6 is 0 Å². The normalized spacial score (nSPS) is 16.5. The van der Waals surface area contributed by atoms with Crippen molar-refractivity contribution in [3.05, 3.63) is 42.0 Å². The van der Waals surface area contributed by atoms with Crippen molar-refractivity contribution in [3.8, 4) is 0 Å². The van der Waals surface area contributed by atoms with Gasteiger partial charge in [-0.3, -0.25) is 5.10 Å². The smallest absolute Gasteiger partial charge is 0.319 e. The van der Waals surface area contributed by atoms with Gasteiger partial charge in [-0.25, -0.2) is 9.18 Å². The number of benzene rings is 1. The number of aliphatic hydroxyl groups excluding tert-OH is 1. The Morgan fingerprint density at radius 3 is 2.88 bits per heavy atom. The fourth-order valence-electron chi connectivity index (χ4n) is 3.03. The number of aromatic nitrogens is 2. The third-order valence-electron chi connectivity index (χ3n) is 4.36. The van der Waals surface area contributed by atoms with Crippen LogP contribution in [0.25, 0.3) is 0 Å². The molecule has 2 heterocycles. The summed E-state index contributed by atoms with van der Waals surface area (Å²) in [5.41, 5.74) is 2.14. The maximum Gasteiger partial charge on any atom is 0.319 e. The fourth-order valence-corrected chi connectivity index (χ4v) is 3.03. The molecule has 0 spiro atoms. The van der Waals surface area contributed by atoms with Crippen molar-refractivity contribution in [2.75, 3.05) is 23.3 Å². The van der Waals surface area contributed by atoms with Crippen molar-refractivity contribution in [1.82, 2.24) is 15.5 Å². The third-order valence-corrected chi connectivity index (χ3v) is 4.36. The predicted octanol–water partition coefficient (Wildman–Crippen LogP) is 2.39. The van der Waals surface area contributed by atoms with Crippen LogP contribution in [-0.4, -0.2) is 40.5 Å². The first-order chi connectivity index (χ1) is 12.0. The number of amides is 2. The van der Waals surface area contributed by atoms with Gasteiger partial charge < -0.3 is 20.6 Å². The number of nitrogens with zero attached hydrogens (tertiary/aromatic N) is 2. The molecule has 8 heteroatoms. The topological polar surface area (TPSA) is 93.3 Å². The number of carbonyl (C=O) groups excluding carboxylic acids is 1. The lowest BCUT2D eigenvalue weighted by Gasteiger charge is -2.34. The fraction of sp³-hybridized carbons (Fsp3) is 0.412. The SMILES string of the molecule is C[C@H](NC(=O)Nc1cn[nH]c1)c1cc(F)ccc1N1CCC(O)CC1. The van der Waals surface area contributed by atoms with Crippen LogP contribution in [0.15, 0.2) is 30.6 Å². The van der Waals surface area contributed by atoms with E-state index in [0.29, 0.717) is 37.2 Å². The van der Waals surface area contributed by atoms with Gasteiger partial charge in [-0.1, -0.05) is 0 Å². The largest absolute Gasteiger partial charge is 0.393 e. The number of nitrogens with one attached hydrogen (secondary N) is 3. The van der Waals surface area contributed by atoms with E-state index in [1.165, 1.54) is 18.3 Å². The van der Waals surface area contributed by atoms with Gasteiger partial charge in [0.1, 0.15) is 5.82 Å². The van der Waals surface area contributed by atoms with E-state index in [4.69, 9.17) is 0 Å². The number of aliphatic hydroxyl groups is 1. The van der Waals surface area contributed by atoms with E-state index in [9.17, 15) is 14.3 Å². The monoisotopic (exact) mass is 347 g/mol. The molecule has 0 radical (unpaired) electrons. The zero-order valence-electron chi connectivity index (χ0n) is 14.0. The first-order valence-electron chi connectivity index (χ1n) is 8.31. The molecule has 1 aromatic heterocycles. The maximum absolute atomic E-state index is 13.8.